The topological polar surface area (TPSA) is 72.9 Å². The van der Waals surface area contributed by atoms with Gasteiger partial charge in [0.05, 0.1) is 11.7 Å². The van der Waals surface area contributed by atoms with E-state index >= 15 is 0 Å². The molecule has 0 radical (unpaired) electrons. The quantitative estimate of drug-likeness (QED) is 0.519. The highest BCUT2D eigenvalue weighted by Crippen LogP contribution is 2.29. The van der Waals surface area contributed by atoms with Crippen LogP contribution in [-0.4, -0.2) is 35.6 Å². The fraction of sp³-hybridized carbons (Fsp3) is 0.294. The van der Waals surface area contributed by atoms with Crippen LogP contribution < -0.4 is 0 Å². The molecule has 3 aromatic heterocycles. The Balaban J connectivity index is 1.58. The SMILES string of the molecule is Cc1cc(-c2nn(C)c(Cl)c2CN(C)Cc2ccc3nsnc3c2)no1. The molecule has 0 aliphatic carbocycles. The summed E-state index contributed by atoms with van der Waals surface area (Å²) in [5.41, 5.74) is 5.41. The second-order valence-corrected chi connectivity index (χ2v) is 7.21. The lowest BCUT2D eigenvalue weighted by Crippen LogP contribution is -2.17. The van der Waals surface area contributed by atoms with E-state index < -0.39 is 0 Å². The van der Waals surface area contributed by atoms with Gasteiger partial charge in [-0.05, 0) is 31.7 Å². The van der Waals surface area contributed by atoms with Gasteiger partial charge in [-0.15, -0.1) is 0 Å². The molecule has 0 amide bonds. The van der Waals surface area contributed by atoms with Crippen LogP contribution in [0.3, 0.4) is 0 Å². The molecule has 0 bridgehead atoms. The molecule has 134 valence electrons. The molecule has 7 nitrogen and oxygen atoms in total. The Kier molecular flexibility index (Phi) is 4.47. The maximum absolute atomic E-state index is 6.48. The average Bonchev–Trinajstić information content (AvgIpc) is 3.30. The minimum atomic E-state index is 0.603. The first-order chi connectivity index (χ1) is 12.5. The fourth-order valence-electron chi connectivity index (χ4n) is 2.93. The molecule has 3 heterocycles. The molecule has 4 rings (SSSR count). The summed E-state index contributed by atoms with van der Waals surface area (Å²) in [6.07, 6.45) is 0. The van der Waals surface area contributed by atoms with Gasteiger partial charge in [0.15, 0.2) is 0 Å². The molecule has 1 aromatic carbocycles. The summed E-state index contributed by atoms with van der Waals surface area (Å²) in [6.45, 7) is 3.26. The van der Waals surface area contributed by atoms with Crippen LogP contribution in [0.2, 0.25) is 5.15 Å². The molecule has 0 atom stereocenters. The lowest BCUT2D eigenvalue weighted by molar-refractivity contribution is 0.319. The molecule has 0 unspecified atom stereocenters. The van der Waals surface area contributed by atoms with Gasteiger partial charge in [0, 0.05) is 31.8 Å². The molecule has 9 heteroatoms. The zero-order valence-electron chi connectivity index (χ0n) is 14.6. The monoisotopic (exact) mass is 388 g/mol. The third-order valence-electron chi connectivity index (χ3n) is 4.14. The maximum Gasteiger partial charge on any atom is 0.134 e. The van der Waals surface area contributed by atoms with Crippen LogP contribution >= 0.6 is 23.3 Å². The summed E-state index contributed by atoms with van der Waals surface area (Å²) >= 11 is 7.71. The molecule has 0 saturated heterocycles. The van der Waals surface area contributed by atoms with Crippen molar-refractivity contribution in [1.82, 2.24) is 28.6 Å². The molecule has 0 saturated carbocycles. The molecule has 26 heavy (non-hydrogen) atoms. The van der Waals surface area contributed by atoms with Crippen molar-refractivity contribution in [1.29, 1.82) is 0 Å². The lowest BCUT2D eigenvalue weighted by Gasteiger charge is -2.16. The molecular weight excluding hydrogens is 372 g/mol. The zero-order chi connectivity index (χ0) is 18.3. The highest BCUT2D eigenvalue weighted by atomic mass is 35.5. The molecule has 0 fully saturated rings. The third-order valence-corrected chi connectivity index (χ3v) is 5.17. The molecule has 0 aliphatic heterocycles. The van der Waals surface area contributed by atoms with Crippen molar-refractivity contribution in [2.75, 3.05) is 7.05 Å². The number of aryl methyl sites for hydroxylation is 2. The van der Waals surface area contributed by atoms with Crippen LogP contribution in [0.5, 0.6) is 0 Å². The Morgan fingerprint density at radius 3 is 2.77 bits per heavy atom. The van der Waals surface area contributed by atoms with Gasteiger partial charge in [-0.1, -0.05) is 22.8 Å². The van der Waals surface area contributed by atoms with Crippen molar-refractivity contribution < 1.29 is 4.52 Å². The van der Waals surface area contributed by atoms with Crippen molar-refractivity contribution in [3.8, 4) is 11.4 Å². The van der Waals surface area contributed by atoms with Crippen LogP contribution in [0.1, 0.15) is 16.9 Å². The summed E-state index contributed by atoms with van der Waals surface area (Å²) in [7, 11) is 3.87. The van der Waals surface area contributed by atoms with Gasteiger partial charge in [0.2, 0.25) is 0 Å². The summed E-state index contributed by atoms with van der Waals surface area (Å²) in [4.78, 5) is 2.18. The van der Waals surface area contributed by atoms with Crippen molar-refractivity contribution in [3.05, 3.63) is 46.3 Å². The molecule has 0 spiro atoms. The van der Waals surface area contributed by atoms with Gasteiger partial charge in [0.25, 0.3) is 0 Å². The van der Waals surface area contributed by atoms with E-state index in [1.54, 1.807) is 4.68 Å². The van der Waals surface area contributed by atoms with Crippen molar-refractivity contribution in [3.63, 3.8) is 0 Å². The van der Waals surface area contributed by atoms with Gasteiger partial charge in [-0.3, -0.25) is 9.58 Å². The van der Waals surface area contributed by atoms with E-state index in [9.17, 15) is 0 Å². The smallest absolute Gasteiger partial charge is 0.134 e. The number of hydrogen-bond acceptors (Lipinski definition) is 7. The zero-order valence-corrected chi connectivity index (χ0v) is 16.2. The highest BCUT2D eigenvalue weighted by Gasteiger charge is 2.20. The molecule has 4 aromatic rings. The molecular formula is C17H17ClN6OS. The maximum atomic E-state index is 6.48. The van der Waals surface area contributed by atoms with Crippen LogP contribution in [0.4, 0.5) is 0 Å². The first kappa shape index (κ1) is 17.1. The van der Waals surface area contributed by atoms with Crippen molar-refractivity contribution >= 4 is 34.4 Å². The normalized spacial score (nSPS) is 11.7. The summed E-state index contributed by atoms with van der Waals surface area (Å²) < 4.78 is 15.4. The van der Waals surface area contributed by atoms with E-state index in [-0.39, 0.29) is 0 Å². The third kappa shape index (κ3) is 3.23. The van der Waals surface area contributed by atoms with Gasteiger partial charge < -0.3 is 4.52 Å². The first-order valence-electron chi connectivity index (χ1n) is 8.06. The first-order valence-corrected chi connectivity index (χ1v) is 9.17. The average molecular weight is 389 g/mol. The standard InChI is InChI=1S/C17H17ClN6OS/c1-10-6-15(20-25-10)16-12(17(18)24(3)19-16)9-23(2)8-11-4-5-13-14(7-11)22-26-21-13/h4-7H,8-9H2,1-3H3. The van der Waals surface area contributed by atoms with Crippen LogP contribution in [-0.2, 0) is 20.1 Å². The van der Waals surface area contributed by atoms with Crippen LogP contribution in [0, 0.1) is 6.92 Å². The van der Waals surface area contributed by atoms with Gasteiger partial charge in [-0.2, -0.15) is 13.8 Å². The summed E-state index contributed by atoms with van der Waals surface area (Å²) in [5, 5.41) is 9.19. The van der Waals surface area contributed by atoms with Gasteiger partial charge >= 0.3 is 0 Å². The minimum absolute atomic E-state index is 0.603. The highest BCUT2D eigenvalue weighted by molar-refractivity contribution is 7.00. The number of rotatable bonds is 5. The number of halogens is 1. The van der Waals surface area contributed by atoms with E-state index in [1.165, 1.54) is 17.3 Å². The summed E-state index contributed by atoms with van der Waals surface area (Å²) in [6, 6.07) is 8.02. The van der Waals surface area contributed by atoms with E-state index in [0.29, 0.717) is 17.4 Å². The van der Waals surface area contributed by atoms with Gasteiger partial charge in [0.1, 0.15) is 33.3 Å². The summed E-state index contributed by atoms with van der Waals surface area (Å²) in [5.74, 6) is 0.742. The Bertz CT molecular complexity index is 1070. The second kappa shape index (κ2) is 6.79. The number of benzene rings is 1. The van der Waals surface area contributed by atoms with Crippen molar-refractivity contribution in [2.45, 2.75) is 20.0 Å². The predicted molar refractivity (Wildman–Crippen MR) is 101 cm³/mol. The van der Waals surface area contributed by atoms with Crippen LogP contribution in [0.25, 0.3) is 22.4 Å². The predicted octanol–water partition coefficient (Wildman–Crippen LogP) is 3.67. The molecule has 0 N–H and O–H groups in total. The Morgan fingerprint density at radius 2 is 2.00 bits per heavy atom. The Morgan fingerprint density at radius 1 is 1.19 bits per heavy atom. The number of nitrogens with zero attached hydrogens (tertiary/aromatic N) is 6. The lowest BCUT2D eigenvalue weighted by atomic mass is 10.1. The van der Waals surface area contributed by atoms with E-state index in [0.717, 1.165) is 34.6 Å². The Labute approximate surface area is 159 Å². The van der Waals surface area contributed by atoms with E-state index in [1.807, 2.05) is 33.2 Å². The minimum Gasteiger partial charge on any atom is -0.361 e. The fourth-order valence-corrected chi connectivity index (χ4v) is 3.64. The largest absolute Gasteiger partial charge is 0.361 e. The molecule has 0 aliphatic rings. The van der Waals surface area contributed by atoms with Gasteiger partial charge in [-0.25, -0.2) is 0 Å². The van der Waals surface area contributed by atoms with E-state index in [4.69, 9.17) is 16.1 Å². The second-order valence-electron chi connectivity index (χ2n) is 6.32. The number of aromatic nitrogens is 5. The van der Waals surface area contributed by atoms with Crippen LogP contribution in [0.15, 0.2) is 28.8 Å². The Hall–Kier alpha value is -2.29. The number of fused-ring (bicyclic) bond motifs is 1. The van der Waals surface area contributed by atoms with E-state index in [2.05, 4.69) is 36.0 Å². The number of hydrogen-bond donors (Lipinski definition) is 0. The van der Waals surface area contributed by atoms with Crippen molar-refractivity contribution in [2.24, 2.45) is 7.05 Å².